The van der Waals surface area contributed by atoms with Crippen LogP contribution in [0.1, 0.15) is 33.9 Å². The molecule has 0 unspecified atom stereocenters. The smallest absolute Gasteiger partial charge is 0.315 e. The molecule has 27 heavy (non-hydrogen) atoms. The molecule has 0 aliphatic carbocycles. The van der Waals surface area contributed by atoms with Crippen molar-refractivity contribution in [2.24, 2.45) is 0 Å². The lowest BCUT2D eigenvalue weighted by molar-refractivity contribution is -0.115. The van der Waals surface area contributed by atoms with Crippen molar-refractivity contribution < 1.29 is 23.7 Å². The largest absolute Gasteiger partial charge is 0.387 e. The molecule has 10 heteroatoms. The number of nitrogens with zero attached hydrogens (tertiary/aromatic N) is 3. The number of hydrogen-bond donors (Lipinski definition) is 3. The standard InChI is InChI=1S/C17H17N5O5/c1-10-7-13(21-26-10)19-15(24)8-14-20-17(27-22-14)16(25)18-9-12(23)11-5-3-2-4-6-11/h2-7,12,23H,8-9H2,1H3,(H,18,25)(H,19,21,24)/t12-/m1/s1. The number of benzene rings is 1. The summed E-state index contributed by atoms with van der Waals surface area (Å²) in [5.41, 5.74) is 0.670. The van der Waals surface area contributed by atoms with Crippen LogP contribution in [0, 0.1) is 6.92 Å². The summed E-state index contributed by atoms with van der Waals surface area (Å²) in [5.74, 6) is -0.501. The van der Waals surface area contributed by atoms with Gasteiger partial charge in [0.05, 0.1) is 12.5 Å². The van der Waals surface area contributed by atoms with Crippen molar-refractivity contribution in [3.05, 3.63) is 59.4 Å². The molecule has 1 aromatic carbocycles. The molecule has 140 valence electrons. The van der Waals surface area contributed by atoms with Gasteiger partial charge in [0, 0.05) is 12.6 Å². The predicted octanol–water partition coefficient (Wildman–Crippen LogP) is 1.01. The van der Waals surface area contributed by atoms with E-state index in [4.69, 9.17) is 9.05 Å². The van der Waals surface area contributed by atoms with E-state index in [1.165, 1.54) is 0 Å². The third-order valence-corrected chi connectivity index (χ3v) is 3.52. The van der Waals surface area contributed by atoms with E-state index in [-0.39, 0.29) is 30.5 Å². The number of aliphatic hydroxyl groups excluding tert-OH is 1. The average Bonchev–Trinajstić information content (AvgIpc) is 3.29. The van der Waals surface area contributed by atoms with Gasteiger partial charge in [0.1, 0.15) is 5.76 Å². The van der Waals surface area contributed by atoms with Crippen molar-refractivity contribution in [1.82, 2.24) is 20.6 Å². The van der Waals surface area contributed by atoms with Crippen molar-refractivity contribution in [2.75, 3.05) is 11.9 Å². The number of carbonyl (C=O) groups excluding carboxylic acids is 2. The number of hydrogen-bond acceptors (Lipinski definition) is 8. The molecule has 0 aliphatic rings. The number of rotatable bonds is 7. The number of nitrogens with one attached hydrogen (secondary N) is 2. The third kappa shape index (κ3) is 4.98. The highest BCUT2D eigenvalue weighted by Gasteiger charge is 2.18. The Morgan fingerprint density at radius 1 is 1.19 bits per heavy atom. The molecular weight excluding hydrogens is 354 g/mol. The van der Waals surface area contributed by atoms with Gasteiger partial charge < -0.3 is 24.8 Å². The maximum absolute atomic E-state index is 12.0. The van der Waals surface area contributed by atoms with Crippen LogP contribution in [0.2, 0.25) is 0 Å². The summed E-state index contributed by atoms with van der Waals surface area (Å²) in [6.07, 6.45) is -1.07. The van der Waals surface area contributed by atoms with Crippen molar-refractivity contribution in [1.29, 1.82) is 0 Å². The van der Waals surface area contributed by atoms with E-state index in [2.05, 4.69) is 25.9 Å². The molecule has 0 aliphatic heterocycles. The molecule has 2 heterocycles. The van der Waals surface area contributed by atoms with Crippen LogP contribution in [-0.2, 0) is 11.2 Å². The van der Waals surface area contributed by atoms with Gasteiger partial charge in [-0.3, -0.25) is 9.59 Å². The molecule has 2 amide bonds. The maximum Gasteiger partial charge on any atom is 0.315 e. The fourth-order valence-corrected chi connectivity index (χ4v) is 2.23. The second-order valence-corrected chi connectivity index (χ2v) is 5.70. The Hall–Kier alpha value is -3.53. The van der Waals surface area contributed by atoms with E-state index < -0.39 is 17.9 Å². The fraction of sp³-hybridized carbons (Fsp3) is 0.235. The molecule has 1 atom stereocenters. The van der Waals surface area contributed by atoms with Crippen LogP contribution >= 0.6 is 0 Å². The van der Waals surface area contributed by atoms with Gasteiger partial charge in [-0.1, -0.05) is 40.6 Å². The van der Waals surface area contributed by atoms with Crippen molar-refractivity contribution >= 4 is 17.6 Å². The summed E-state index contributed by atoms with van der Waals surface area (Å²) in [4.78, 5) is 27.8. The molecule has 0 radical (unpaired) electrons. The molecule has 3 rings (SSSR count). The van der Waals surface area contributed by atoms with Gasteiger partial charge in [0.15, 0.2) is 11.6 Å². The van der Waals surface area contributed by atoms with E-state index in [0.717, 1.165) is 0 Å². The third-order valence-electron chi connectivity index (χ3n) is 3.52. The Kier molecular flexibility index (Phi) is 5.57. The van der Waals surface area contributed by atoms with Crippen molar-refractivity contribution in [3.63, 3.8) is 0 Å². The second-order valence-electron chi connectivity index (χ2n) is 5.70. The zero-order chi connectivity index (χ0) is 19.2. The molecule has 3 N–H and O–H groups in total. The summed E-state index contributed by atoms with van der Waals surface area (Å²) in [6, 6.07) is 10.5. The molecular formula is C17H17N5O5. The Labute approximate surface area is 153 Å². The molecule has 10 nitrogen and oxygen atoms in total. The highest BCUT2D eigenvalue weighted by atomic mass is 16.5. The van der Waals surface area contributed by atoms with Crippen LogP contribution < -0.4 is 10.6 Å². The molecule has 0 fully saturated rings. The van der Waals surface area contributed by atoms with Crippen LogP contribution in [0.15, 0.2) is 45.4 Å². The predicted molar refractivity (Wildman–Crippen MR) is 91.6 cm³/mol. The highest BCUT2D eigenvalue weighted by molar-refractivity contribution is 5.91. The molecule has 3 aromatic rings. The fourth-order valence-electron chi connectivity index (χ4n) is 2.23. The number of aliphatic hydroxyl groups is 1. The first-order chi connectivity index (χ1) is 13.0. The van der Waals surface area contributed by atoms with Gasteiger partial charge in [-0.25, -0.2) is 0 Å². The molecule has 0 bridgehead atoms. The molecule has 0 saturated carbocycles. The topological polar surface area (TPSA) is 143 Å². The minimum atomic E-state index is -0.866. The lowest BCUT2D eigenvalue weighted by Crippen LogP contribution is -2.28. The van der Waals surface area contributed by atoms with Gasteiger partial charge in [0.2, 0.25) is 5.91 Å². The Balaban J connectivity index is 1.50. The summed E-state index contributed by atoms with van der Waals surface area (Å²) < 4.78 is 9.69. The second kappa shape index (κ2) is 8.23. The number of aromatic nitrogens is 3. The summed E-state index contributed by atoms with van der Waals surface area (Å²) in [7, 11) is 0. The lowest BCUT2D eigenvalue weighted by Gasteiger charge is -2.10. The van der Waals surface area contributed by atoms with Gasteiger partial charge in [-0.2, -0.15) is 4.98 Å². The number of carbonyl (C=O) groups is 2. The van der Waals surface area contributed by atoms with E-state index in [9.17, 15) is 14.7 Å². The van der Waals surface area contributed by atoms with Gasteiger partial charge >= 0.3 is 11.8 Å². The molecule has 0 spiro atoms. The van der Waals surface area contributed by atoms with Crippen LogP contribution in [-0.4, -0.2) is 38.8 Å². The zero-order valence-electron chi connectivity index (χ0n) is 14.4. The first-order valence-electron chi connectivity index (χ1n) is 8.08. The number of amides is 2. The first kappa shape index (κ1) is 18.3. The Morgan fingerprint density at radius 2 is 1.96 bits per heavy atom. The van der Waals surface area contributed by atoms with Gasteiger partial charge in [-0.15, -0.1) is 0 Å². The minimum Gasteiger partial charge on any atom is -0.387 e. The Morgan fingerprint density at radius 3 is 2.67 bits per heavy atom. The summed E-state index contributed by atoms with van der Waals surface area (Å²) >= 11 is 0. The van der Waals surface area contributed by atoms with Crippen molar-refractivity contribution in [3.8, 4) is 0 Å². The minimum absolute atomic E-state index is 0.0213. The van der Waals surface area contributed by atoms with Gasteiger partial charge in [0.25, 0.3) is 0 Å². The normalized spacial score (nSPS) is 11.8. The van der Waals surface area contributed by atoms with Crippen LogP contribution in [0.5, 0.6) is 0 Å². The molecule has 0 saturated heterocycles. The van der Waals surface area contributed by atoms with Crippen molar-refractivity contribution in [2.45, 2.75) is 19.4 Å². The number of aryl methyl sites for hydroxylation is 1. The van der Waals surface area contributed by atoms with E-state index in [0.29, 0.717) is 11.3 Å². The number of anilines is 1. The molecule has 2 aromatic heterocycles. The maximum atomic E-state index is 12.0. The summed E-state index contributed by atoms with van der Waals surface area (Å²) in [5, 5.41) is 22.3. The van der Waals surface area contributed by atoms with E-state index in [1.54, 1.807) is 37.3 Å². The van der Waals surface area contributed by atoms with E-state index in [1.807, 2.05) is 6.07 Å². The lowest BCUT2D eigenvalue weighted by atomic mass is 10.1. The highest BCUT2D eigenvalue weighted by Crippen LogP contribution is 2.11. The van der Waals surface area contributed by atoms with E-state index >= 15 is 0 Å². The monoisotopic (exact) mass is 371 g/mol. The van der Waals surface area contributed by atoms with Crippen LogP contribution in [0.25, 0.3) is 0 Å². The SMILES string of the molecule is Cc1cc(NC(=O)Cc2noc(C(=O)NC[C@@H](O)c3ccccc3)n2)no1. The van der Waals surface area contributed by atoms with Crippen LogP contribution in [0.4, 0.5) is 5.82 Å². The van der Waals surface area contributed by atoms with Gasteiger partial charge in [-0.05, 0) is 12.5 Å². The van der Waals surface area contributed by atoms with Crippen LogP contribution in [0.3, 0.4) is 0 Å². The zero-order valence-corrected chi connectivity index (χ0v) is 14.4. The first-order valence-corrected chi connectivity index (χ1v) is 8.08. The average molecular weight is 371 g/mol. The quantitative estimate of drug-likeness (QED) is 0.558. The Bertz CT molecular complexity index is 921. The summed E-state index contributed by atoms with van der Waals surface area (Å²) in [6.45, 7) is 1.67.